The van der Waals surface area contributed by atoms with E-state index < -0.39 is 23.3 Å². The number of anilines is 8. The molecule has 0 bridgehead atoms. The second-order valence-corrected chi connectivity index (χ2v) is 13.9. The molecule has 0 aliphatic heterocycles. The molecular formula is C46H40N4O8S. The van der Waals surface area contributed by atoms with Crippen molar-refractivity contribution in [3.05, 3.63) is 155 Å². The standard InChI is InChI=1S/C46H40N4O8S/c1-55-37-21-13-33(14-22-37)49(34-15-23-38(56-2)24-16-34)31-9-5-29(6-10-31)47-45(53)43-41(51)42(52)44(59-43)46(54)48-30-7-11-32(12-8-30)50(35-17-25-39(57-3)26-18-35)36-19-27-40(58-4)28-20-36/h5-28,51-52H,1-4H3,(H,47,53)(H,48,54). The summed E-state index contributed by atoms with van der Waals surface area (Å²) in [6, 6.07) is 44.7. The second kappa shape index (κ2) is 17.7. The highest BCUT2D eigenvalue weighted by molar-refractivity contribution is 7.17. The number of hydrogen-bond acceptors (Lipinski definition) is 11. The third kappa shape index (κ3) is 8.70. The van der Waals surface area contributed by atoms with Crippen LogP contribution in [0, 0.1) is 0 Å². The number of aromatic hydroxyl groups is 2. The molecule has 0 saturated heterocycles. The molecule has 12 nitrogen and oxygen atoms in total. The van der Waals surface area contributed by atoms with Gasteiger partial charge in [-0.3, -0.25) is 9.59 Å². The van der Waals surface area contributed by atoms with Gasteiger partial charge in [-0.05, 0) is 146 Å². The van der Waals surface area contributed by atoms with Crippen LogP contribution >= 0.6 is 11.3 Å². The molecular weight excluding hydrogens is 769 g/mol. The van der Waals surface area contributed by atoms with Crippen molar-refractivity contribution in [2.45, 2.75) is 0 Å². The van der Waals surface area contributed by atoms with Crippen molar-refractivity contribution in [3.8, 4) is 34.5 Å². The molecule has 2 amide bonds. The van der Waals surface area contributed by atoms with Crippen molar-refractivity contribution < 1.29 is 38.7 Å². The Morgan fingerprint density at radius 1 is 0.407 bits per heavy atom. The van der Waals surface area contributed by atoms with Crippen molar-refractivity contribution in [2.24, 2.45) is 0 Å². The number of thiophene rings is 1. The van der Waals surface area contributed by atoms with Crippen LogP contribution in [-0.4, -0.2) is 50.5 Å². The first kappa shape index (κ1) is 39.6. The number of carbonyl (C=O) groups is 2. The number of benzene rings is 6. The molecule has 0 atom stereocenters. The van der Waals surface area contributed by atoms with E-state index >= 15 is 0 Å². The second-order valence-electron chi connectivity index (χ2n) is 12.9. The van der Waals surface area contributed by atoms with Crippen LogP contribution in [0.5, 0.6) is 34.5 Å². The molecule has 0 radical (unpaired) electrons. The quantitative estimate of drug-likeness (QED) is 0.0839. The molecule has 13 heteroatoms. The van der Waals surface area contributed by atoms with E-state index in [0.717, 1.165) is 57.1 Å². The number of methoxy groups -OCH3 is 4. The fourth-order valence-corrected chi connectivity index (χ4v) is 7.18. The van der Waals surface area contributed by atoms with Gasteiger partial charge in [0, 0.05) is 45.5 Å². The van der Waals surface area contributed by atoms with Crippen molar-refractivity contribution in [1.82, 2.24) is 0 Å². The molecule has 1 aromatic heterocycles. The van der Waals surface area contributed by atoms with Crippen LogP contribution in [0.2, 0.25) is 0 Å². The third-order valence-corrected chi connectivity index (χ3v) is 10.5. The molecule has 6 aromatic carbocycles. The Bertz CT molecular complexity index is 2250. The van der Waals surface area contributed by atoms with Crippen LogP contribution < -0.4 is 39.4 Å². The lowest BCUT2D eigenvalue weighted by atomic mass is 10.1. The van der Waals surface area contributed by atoms with Gasteiger partial charge in [-0.15, -0.1) is 11.3 Å². The molecule has 0 fully saturated rings. The van der Waals surface area contributed by atoms with Crippen LogP contribution in [0.4, 0.5) is 45.5 Å². The molecule has 298 valence electrons. The first-order chi connectivity index (χ1) is 28.7. The highest BCUT2D eigenvalue weighted by Gasteiger charge is 2.27. The third-order valence-electron chi connectivity index (χ3n) is 9.36. The predicted molar refractivity (Wildman–Crippen MR) is 232 cm³/mol. The first-order valence-electron chi connectivity index (χ1n) is 18.2. The van der Waals surface area contributed by atoms with Gasteiger partial charge in [0.05, 0.1) is 28.4 Å². The van der Waals surface area contributed by atoms with E-state index in [0.29, 0.717) is 22.7 Å². The molecule has 0 aliphatic carbocycles. The fraction of sp³-hybridized carbons (Fsp3) is 0.0870. The van der Waals surface area contributed by atoms with Gasteiger partial charge in [0.2, 0.25) is 0 Å². The normalized spacial score (nSPS) is 10.6. The largest absolute Gasteiger partial charge is 0.503 e. The molecule has 7 aromatic rings. The zero-order chi connectivity index (χ0) is 41.5. The maximum atomic E-state index is 13.4. The number of nitrogens with one attached hydrogen (secondary N) is 2. The average molecular weight is 809 g/mol. The lowest BCUT2D eigenvalue weighted by molar-refractivity contribution is 0.101. The van der Waals surface area contributed by atoms with Crippen molar-refractivity contribution >= 4 is 68.7 Å². The molecule has 1 heterocycles. The maximum absolute atomic E-state index is 13.4. The summed E-state index contributed by atoms with van der Waals surface area (Å²) in [5, 5.41) is 27.1. The van der Waals surface area contributed by atoms with Gasteiger partial charge in [-0.2, -0.15) is 0 Å². The van der Waals surface area contributed by atoms with Gasteiger partial charge >= 0.3 is 0 Å². The van der Waals surface area contributed by atoms with Crippen LogP contribution in [0.1, 0.15) is 19.3 Å². The lowest BCUT2D eigenvalue weighted by Crippen LogP contribution is -2.12. The smallest absolute Gasteiger partial charge is 0.269 e. The Morgan fingerprint density at radius 2 is 0.627 bits per heavy atom. The highest BCUT2D eigenvalue weighted by atomic mass is 32.1. The van der Waals surface area contributed by atoms with Crippen LogP contribution in [0.3, 0.4) is 0 Å². The maximum Gasteiger partial charge on any atom is 0.269 e. The first-order valence-corrected chi connectivity index (χ1v) is 19.0. The van der Waals surface area contributed by atoms with Crippen molar-refractivity contribution in [3.63, 3.8) is 0 Å². The average Bonchev–Trinajstić information content (AvgIpc) is 3.59. The lowest BCUT2D eigenvalue weighted by Gasteiger charge is -2.26. The Morgan fingerprint density at radius 3 is 0.847 bits per heavy atom. The Labute approximate surface area is 345 Å². The minimum Gasteiger partial charge on any atom is -0.503 e. The Kier molecular flexibility index (Phi) is 11.8. The van der Waals surface area contributed by atoms with E-state index in [-0.39, 0.29) is 9.75 Å². The summed E-state index contributed by atoms with van der Waals surface area (Å²) in [7, 11) is 6.44. The number of nitrogens with zero attached hydrogens (tertiary/aromatic N) is 2. The predicted octanol–water partition coefficient (Wildman–Crippen LogP) is 10.6. The van der Waals surface area contributed by atoms with E-state index in [2.05, 4.69) is 10.6 Å². The molecule has 59 heavy (non-hydrogen) atoms. The molecule has 7 rings (SSSR count). The molecule has 0 spiro atoms. The zero-order valence-electron chi connectivity index (χ0n) is 32.5. The monoisotopic (exact) mass is 808 g/mol. The van der Waals surface area contributed by atoms with Crippen LogP contribution in [0.25, 0.3) is 0 Å². The van der Waals surface area contributed by atoms with Crippen LogP contribution in [0.15, 0.2) is 146 Å². The Hall–Kier alpha value is -7.64. The van der Waals surface area contributed by atoms with E-state index in [1.54, 1.807) is 52.7 Å². The minimum absolute atomic E-state index is 0.222. The van der Waals surface area contributed by atoms with Gasteiger partial charge in [0.1, 0.15) is 32.8 Å². The summed E-state index contributed by atoms with van der Waals surface area (Å²) in [6.45, 7) is 0. The van der Waals surface area contributed by atoms with Crippen LogP contribution in [-0.2, 0) is 0 Å². The van der Waals surface area contributed by atoms with Gasteiger partial charge in [-0.1, -0.05) is 0 Å². The summed E-state index contributed by atoms with van der Waals surface area (Å²) in [6.07, 6.45) is 0. The molecule has 4 N–H and O–H groups in total. The number of ether oxygens (including phenoxy) is 4. The highest BCUT2D eigenvalue weighted by Crippen LogP contribution is 2.42. The fourth-order valence-electron chi connectivity index (χ4n) is 6.30. The minimum atomic E-state index is -0.696. The molecule has 0 unspecified atom stereocenters. The van der Waals surface area contributed by atoms with Gasteiger partial charge < -0.3 is 49.6 Å². The van der Waals surface area contributed by atoms with Gasteiger partial charge in [-0.25, -0.2) is 0 Å². The number of hydrogen-bond donors (Lipinski definition) is 4. The number of carbonyl (C=O) groups excluding carboxylic acids is 2. The van der Waals surface area contributed by atoms with Gasteiger partial charge in [0.25, 0.3) is 11.8 Å². The summed E-state index contributed by atoms with van der Waals surface area (Å²) >= 11 is 0.676. The van der Waals surface area contributed by atoms with Gasteiger partial charge in [0.15, 0.2) is 11.5 Å². The summed E-state index contributed by atoms with van der Waals surface area (Å²) in [4.78, 5) is 30.4. The van der Waals surface area contributed by atoms with E-state index in [4.69, 9.17) is 18.9 Å². The summed E-state index contributed by atoms with van der Waals surface area (Å²) in [5.74, 6) is 0.109. The topological polar surface area (TPSA) is 142 Å². The van der Waals surface area contributed by atoms with E-state index in [1.807, 2.05) is 131 Å². The molecule has 0 saturated carbocycles. The van der Waals surface area contributed by atoms with E-state index in [9.17, 15) is 19.8 Å². The summed E-state index contributed by atoms with van der Waals surface area (Å²) in [5.41, 5.74) is 5.96. The number of amides is 2. The summed E-state index contributed by atoms with van der Waals surface area (Å²) < 4.78 is 21.4. The van der Waals surface area contributed by atoms with E-state index in [1.165, 1.54) is 0 Å². The SMILES string of the molecule is COc1ccc(N(c2ccc(NC(=O)c3sc(C(=O)Nc4ccc(N(c5ccc(OC)cc5)c5ccc(OC)cc5)cc4)c(O)c3O)cc2)c2ccc(OC)cc2)cc1. The van der Waals surface area contributed by atoms with Crippen molar-refractivity contribution in [1.29, 1.82) is 0 Å². The van der Waals surface area contributed by atoms with Crippen molar-refractivity contribution in [2.75, 3.05) is 48.9 Å². The zero-order valence-corrected chi connectivity index (χ0v) is 33.3. The number of rotatable bonds is 14. The Balaban J connectivity index is 1.06. The molecule has 0 aliphatic rings.